The molecule has 0 saturated heterocycles. The normalized spacial score (nSPS) is 10.4. The summed E-state index contributed by atoms with van der Waals surface area (Å²) in [4.78, 5) is 0. The second-order valence-electron chi connectivity index (χ2n) is 5.11. The van der Waals surface area contributed by atoms with Crippen molar-refractivity contribution >= 4 is 35.2 Å². The highest BCUT2D eigenvalue weighted by Gasteiger charge is 2.12. The van der Waals surface area contributed by atoms with E-state index in [-0.39, 0.29) is 12.4 Å². The van der Waals surface area contributed by atoms with Gasteiger partial charge in [-0.2, -0.15) is 10.2 Å². The molecule has 0 amide bonds. The predicted molar refractivity (Wildman–Crippen MR) is 104 cm³/mol. The summed E-state index contributed by atoms with van der Waals surface area (Å²) < 4.78 is 16.0. The Hall–Kier alpha value is -3.06. The van der Waals surface area contributed by atoms with Gasteiger partial charge in [0.1, 0.15) is 0 Å². The number of rotatable bonds is 6. The number of nitrogens with one attached hydrogen (secondary N) is 1. The molecule has 0 radical (unpaired) electrons. The van der Waals surface area contributed by atoms with E-state index in [9.17, 15) is 0 Å². The van der Waals surface area contributed by atoms with E-state index in [0.29, 0.717) is 23.1 Å². The Labute approximate surface area is 157 Å². The second-order valence-corrected chi connectivity index (χ2v) is 5.11. The van der Waals surface area contributed by atoms with E-state index >= 15 is 0 Å². The molecule has 0 fully saturated rings. The first-order valence-electron chi connectivity index (χ1n) is 7.56. The molecule has 1 heterocycles. The summed E-state index contributed by atoms with van der Waals surface area (Å²) in [5.74, 6) is 2.25. The molecular formula is C18H19ClN4O3. The monoisotopic (exact) mass is 374 g/mol. The number of hydrazone groups is 1. The van der Waals surface area contributed by atoms with E-state index in [1.165, 1.54) is 0 Å². The van der Waals surface area contributed by atoms with Crippen LogP contribution >= 0.6 is 12.4 Å². The lowest BCUT2D eigenvalue weighted by molar-refractivity contribution is 0.324. The van der Waals surface area contributed by atoms with Crippen LogP contribution in [0, 0.1) is 0 Å². The van der Waals surface area contributed by atoms with Gasteiger partial charge in [-0.3, -0.25) is 5.43 Å². The summed E-state index contributed by atoms with van der Waals surface area (Å²) in [6.45, 7) is 0. The van der Waals surface area contributed by atoms with E-state index in [2.05, 4.69) is 20.7 Å². The molecule has 26 heavy (non-hydrogen) atoms. The molecule has 0 bridgehead atoms. The highest BCUT2D eigenvalue weighted by Crippen LogP contribution is 2.37. The molecule has 3 rings (SSSR count). The SMILES string of the molecule is COc1cc(/C=N/Nc2nncc3ccccc23)cc(OC)c1OC.Cl. The first-order chi connectivity index (χ1) is 12.3. The van der Waals surface area contributed by atoms with Crippen molar-refractivity contribution in [3.05, 3.63) is 48.2 Å². The molecule has 136 valence electrons. The van der Waals surface area contributed by atoms with Crippen molar-refractivity contribution in [3.8, 4) is 17.2 Å². The predicted octanol–water partition coefficient (Wildman–Crippen LogP) is 3.52. The summed E-state index contributed by atoms with van der Waals surface area (Å²) in [6.07, 6.45) is 3.36. The Morgan fingerprint density at radius 3 is 2.35 bits per heavy atom. The summed E-state index contributed by atoms with van der Waals surface area (Å²) in [6, 6.07) is 11.4. The van der Waals surface area contributed by atoms with Gasteiger partial charge >= 0.3 is 0 Å². The Balaban J connectivity index is 0.00000243. The fourth-order valence-corrected chi connectivity index (χ4v) is 2.45. The lowest BCUT2D eigenvalue weighted by Crippen LogP contribution is -1.99. The maximum absolute atomic E-state index is 5.33. The van der Waals surface area contributed by atoms with Gasteiger partial charge in [0, 0.05) is 16.3 Å². The third-order valence-corrected chi connectivity index (χ3v) is 3.64. The molecule has 3 aromatic rings. The van der Waals surface area contributed by atoms with Gasteiger partial charge in [-0.05, 0) is 12.1 Å². The molecule has 1 N–H and O–H groups in total. The number of anilines is 1. The van der Waals surface area contributed by atoms with E-state index in [0.717, 1.165) is 16.3 Å². The van der Waals surface area contributed by atoms with Gasteiger partial charge < -0.3 is 14.2 Å². The number of aromatic nitrogens is 2. The van der Waals surface area contributed by atoms with Crippen molar-refractivity contribution in [1.82, 2.24) is 10.2 Å². The quantitative estimate of drug-likeness (QED) is 0.525. The van der Waals surface area contributed by atoms with Crippen LogP contribution in [0.3, 0.4) is 0 Å². The number of halogens is 1. The van der Waals surface area contributed by atoms with Gasteiger partial charge in [0.15, 0.2) is 17.3 Å². The van der Waals surface area contributed by atoms with Crippen LogP contribution in [-0.2, 0) is 0 Å². The number of hydrogen-bond acceptors (Lipinski definition) is 7. The Morgan fingerprint density at radius 1 is 1.00 bits per heavy atom. The van der Waals surface area contributed by atoms with Gasteiger partial charge in [0.25, 0.3) is 0 Å². The zero-order chi connectivity index (χ0) is 17.6. The molecular weight excluding hydrogens is 356 g/mol. The van der Waals surface area contributed by atoms with Crippen LogP contribution < -0.4 is 19.6 Å². The Bertz CT molecular complexity index is 888. The highest BCUT2D eigenvalue weighted by atomic mass is 35.5. The first-order valence-corrected chi connectivity index (χ1v) is 7.56. The zero-order valence-corrected chi connectivity index (χ0v) is 15.4. The number of fused-ring (bicyclic) bond motifs is 1. The molecule has 7 nitrogen and oxygen atoms in total. The molecule has 0 unspecified atom stereocenters. The summed E-state index contributed by atoms with van der Waals surface area (Å²) in [7, 11) is 4.71. The van der Waals surface area contributed by atoms with Gasteiger partial charge in [-0.25, -0.2) is 0 Å². The van der Waals surface area contributed by atoms with Gasteiger partial charge in [0.2, 0.25) is 5.75 Å². The van der Waals surface area contributed by atoms with Crippen molar-refractivity contribution in [1.29, 1.82) is 0 Å². The molecule has 0 saturated carbocycles. The molecule has 0 spiro atoms. The van der Waals surface area contributed by atoms with E-state index < -0.39 is 0 Å². The van der Waals surface area contributed by atoms with Crippen molar-refractivity contribution < 1.29 is 14.2 Å². The van der Waals surface area contributed by atoms with E-state index in [1.807, 2.05) is 24.3 Å². The second kappa shape index (κ2) is 8.87. The minimum Gasteiger partial charge on any atom is -0.493 e. The van der Waals surface area contributed by atoms with Crippen molar-refractivity contribution in [2.45, 2.75) is 0 Å². The van der Waals surface area contributed by atoms with Crippen LogP contribution in [0.25, 0.3) is 10.8 Å². The van der Waals surface area contributed by atoms with Crippen molar-refractivity contribution in [2.24, 2.45) is 5.10 Å². The fraction of sp³-hybridized carbons (Fsp3) is 0.167. The zero-order valence-electron chi connectivity index (χ0n) is 14.6. The van der Waals surface area contributed by atoms with Crippen LogP contribution in [0.1, 0.15) is 5.56 Å². The fourth-order valence-electron chi connectivity index (χ4n) is 2.45. The van der Waals surface area contributed by atoms with Gasteiger partial charge in [-0.15, -0.1) is 17.5 Å². The van der Waals surface area contributed by atoms with E-state index in [4.69, 9.17) is 14.2 Å². The van der Waals surface area contributed by atoms with Crippen molar-refractivity contribution in [2.75, 3.05) is 26.8 Å². The van der Waals surface area contributed by atoms with Crippen molar-refractivity contribution in [3.63, 3.8) is 0 Å². The minimum absolute atomic E-state index is 0. The van der Waals surface area contributed by atoms with Crippen LogP contribution in [0.15, 0.2) is 47.7 Å². The number of nitrogens with zero attached hydrogens (tertiary/aromatic N) is 3. The molecule has 2 aromatic carbocycles. The third-order valence-electron chi connectivity index (χ3n) is 3.64. The molecule has 0 atom stereocenters. The summed E-state index contributed by atoms with van der Waals surface area (Å²) in [5, 5.41) is 14.2. The lowest BCUT2D eigenvalue weighted by atomic mass is 10.2. The molecule has 0 aliphatic rings. The molecule has 8 heteroatoms. The topological polar surface area (TPSA) is 77.9 Å². The third kappa shape index (κ3) is 3.94. The molecule has 1 aromatic heterocycles. The molecule has 0 aliphatic heterocycles. The molecule has 0 aliphatic carbocycles. The number of methoxy groups -OCH3 is 3. The van der Waals surface area contributed by atoms with Crippen LogP contribution in [0.5, 0.6) is 17.2 Å². The summed E-state index contributed by atoms with van der Waals surface area (Å²) in [5.41, 5.74) is 3.71. The summed E-state index contributed by atoms with van der Waals surface area (Å²) >= 11 is 0. The maximum Gasteiger partial charge on any atom is 0.203 e. The first kappa shape index (κ1) is 19.3. The standard InChI is InChI=1S/C18H18N4O3.ClH/c1-23-15-8-12(9-16(24-2)17(15)25-3)10-19-21-18-14-7-5-4-6-13(14)11-20-22-18;/h4-11H,1-3H3,(H,21,22);1H/b19-10+;. The number of benzene rings is 2. The smallest absolute Gasteiger partial charge is 0.203 e. The minimum atomic E-state index is 0. The van der Waals surface area contributed by atoms with Gasteiger partial charge in [0.05, 0.1) is 33.7 Å². The maximum atomic E-state index is 5.33. The highest BCUT2D eigenvalue weighted by molar-refractivity contribution is 5.91. The average molecular weight is 375 g/mol. The Kier molecular flexibility index (Phi) is 6.57. The van der Waals surface area contributed by atoms with Gasteiger partial charge in [-0.1, -0.05) is 24.3 Å². The van der Waals surface area contributed by atoms with E-state index in [1.54, 1.807) is 45.9 Å². The largest absolute Gasteiger partial charge is 0.493 e. The number of ether oxygens (including phenoxy) is 3. The van der Waals surface area contributed by atoms with Crippen LogP contribution in [0.4, 0.5) is 5.82 Å². The Morgan fingerprint density at radius 2 is 1.69 bits per heavy atom. The lowest BCUT2D eigenvalue weighted by Gasteiger charge is -2.12. The van der Waals surface area contributed by atoms with Crippen LogP contribution in [-0.4, -0.2) is 37.7 Å². The van der Waals surface area contributed by atoms with Crippen LogP contribution in [0.2, 0.25) is 0 Å². The average Bonchev–Trinajstić information content (AvgIpc) is 2.67. The number of hydrogen-bond donors (Lipinski definition) is 1.